The third kappa shape index (κ3) is 2.41. The van der Waals surface area contributed by atoms with Gasteiger partial charge in [-0.15, -0.1) is 0 Å². The van der Waals surface area contributed by atoms with Crippen LogP contribution in [0.25, 0.3) is 0 Å². The number of hydrogen-bond donors (Lipinski definition) is 1. The molecular weight excluding hydrogens is 142 g/mol. The summed E-state index contributed by atoms with van der Waals surface area (Å²) in [5.41, 5.74) is 5.22. The van der Waals surface area contributed by atoms with Gasteiger partial charge in [-0.3, -0.25) is 4.79 Å². The second-order valence-corrected chi connectivity index (χ2v) is 1.72. The maximum absolute atomic E-state index is 10.7. The number of rotatable bonds is 0. The monoisotopic (exact) mass is 155 g/mol. The molecule has 0 unspecified atom stereocenters. The Bertz CT molecular complexity index is 243. The summed E-state index contributed by atoms with van der Waals surface area (Å²) >= 11 is 0. The van der Waals surface area contributed by atoms with Crippen molar-refractivity contribution in [3.8, 4) is 0 Å². The van der Waals surface area contributed by atoms with Crippen LogP contribution in [0.5, 0.6) is 0 Å². The van der Waals surface area contributed by atoms with Crippen LogP contribution in [0.3, 0.4) is 0 Å². The highest BCUT2D eigenvalue weighted by atomic mass is 16.1. The van der Waals surface area contributed by atoms with E-state index in [1.165, 1.54) is 16.9 Å². The first-order valence-corrected chi connectivity index (χ1v) is 3.49. The lowest BCUT2D eigenvalue weighted by atomic mass is 10.5. The minimum atomic E-state index is -0.252. The van der Waals surface area contributed by atoms with Crippen LogP contribution in [-0.4, -0.2) is 9.78 Å². The summed E-state index contributed by atoms with van der Waals surface area (Å²) in [5.74, 6) is 0. The standard InChI is InChI=1S/C5H7N3O.C2H6/c1-8-5(9)4(6)2-3-7-8;1-2/h2-3H,6H2,1H3;1-2H3. The summed E-state index contributed by atoms with van der Waals surface area (Å²) in [6.45, 7) is 4.00. The van der Waals surface area contributed by atoms with Crippen LogP contribution in [0.2, 0.25) is 0 Å². The molecule has 0 bridgehead atoms. The molecule has 1 aromatic rings. The first kappa shape index (κ1) is 9.68. The lowest BCUT2D eigenvalue weighted by Crippen LogP contribution is -2.21. The normalized spacial score (nSPS) is 8.27. The van der Waals surface area contributed by atoms with E-state index in [-0.39, 0.29) is 11.2 Å². The summed E-state index contributed by atoms with van der Waals surface area (Å²) < 4.78 is 1.19. The minimum Gasteiger partial charge on any atom is -0.394 e. The van der Waals surface area contributed by atoms with E-state index in [1.807, 2.05) is 13.8 Å². The maximum Gasteiger partial charge on any atom is 0.289 e. The van der Waals surface area contributed by atoms with Crippen molar-refractivity contribution in [2.75, 3.05) is 5.73 Å². The van der Waals surface area contributed by atoms with Crippen molar-refractivity contribution in [3.05, 3.63) is 22.6 Å². The number of hydrogen-bond acceptors (Lipinski definition) is 3. The second-order valence-electron chi connectivity index (χ2n) is 1.72. The Kier molecular flexibility index (Phi) is 3.95. The molecule has 0 aliphatic carbocycles. The first-order chi connectivity index (χ1) is 5.22. The fraction of sp³-hybridized carbons (Fsp3) is 0.429. The molecule has 11 heavy (non-hydrogen) atoms. The van der Waals surface area contributed by atoms with E-state index in [2.05, 4.69) is 5.10 Å². The van der Waals surface area contributed by atoms with Crippen molar-refractivity contribution in [3.63, 3.8) is 0 Å². The van der Waals surface area contributed by atoms with Gasteiger partial charge in [0.2, 0.25) is 0 Å². The molecular formula is C7H13N3O. The first-order valence-electron chi connectivity index (χ1n) is 3.49. The average molecular weight is 155 g/mol. The summed E-state index contributed by atoms with van der Waals surface area (Å²) in [7, 11) is 1.55. The van der Waals surface area contributed by atoms with Gasteiger partial charge in [-0.2, -0.15) is 5.10 Å². The second kappa shape index (κ2) is 4.49. The molecule has 0 amide bonds. The van der Waals surface area contributed by atoms with E-state index >= 15 is 0 Å². The Morgan fingerprint density at radius 1 is 1.55 bits per heavy atom. The van der Waals surface area contributed by atoms with Gasteiger partial charge in [0.25, 0.3) is 5.56 Å². The van der Waals surface area contributed by atoms with Gasteiger partial charge < -0.3 is 5.73 Å². The number of anilines is 1. The molecule has 0 aliphatic heterocycles. The van der Waals surface area contributed by atoms with Crippen LogP contribution < -0.4 is 11.3 Å². The van der Waals surface area contributed by atoms with Crippen molar-refractivity contribution >= 4 is 5.69 Å². The van der Waals surface area contributed by atoms with Gasteiger partial charge in [0.1, 0.15) is 5.69 Å². The van der Waals surface area contributed by atoms with Crippen LogP contribution >= 0.6 is 0 Å². The molecule has 0 saturated carbocycles. The number of nitrogens with two attached hydrogens (primary N) is 1. The molecule has 0 aromatic carbocycles. The summed E-state index contributed by atoms with van der Waals surface area (Å²) in [4.78, 5) is 10.7. The molecule has 0 atom stereocenters. The Morgan fingerprint density at radius 2 is 2.09 bits per heavy atom. The van der Waals surface area contributed by atoms with Gasteiger partial charge in [0.15, 0.2) is 0 Å². The van der Waals surface area contributed by atoms with Gasteiger partial charge in [-0.25, -0.2) is 4.68 Å². The smallest absolute Gasteiger partial charge is 0.289 e. The Hall–Kier alpha value is -1.32. The highest BCUT2D eigenvalue weighted by Crippen LogP contribution is 1.84. The summed E-state index contributed by atoms with van der Waals surface area (Å²) in [6.07, 6.45) is 1.48. The van der Waals surface area contributed by atoms with Crippen LogP contribution in [0.4, 0.5) is 5.69 Å². The van der Waals surface area contributed by atoms with E-state index in [9.17, 15) is 4.79 Å². The molecule has 0 fully saturated rings. The van der Waals surface area contributed by atoms with Crippen molar-refractivity contribution in [1.29, 1.82) is 0 Å². The predicted molar refractivity (Wildman–Crippen MR) is 45.2 cm³/mol. The molecule has 4 heteroatoms. The van der Waals surface area contributed by atoms with Gasteiger partial charge >= 0.3 is 0 Å². The fourth-order valence-corrected chi connectivity index (χ4v) is 0.524. The van der Waals surface area contributed by atoms with Gasteiger partial charge in [-0.1, -0.05) is 13.8 Å². The Labute approximate surface area is 65.7 Å². The van der Waals surface area contributed by atoms with Gasteiger partial charge in [0, 0.05) is 13.2 Å². The number of nitrogens with zero attached hydrogens (tertiary/aromatic N) is 2. The Balaban J connectivity index is 0.000000461. The quantitative estimate of drug-likeness (QED) is 0.589. The molecule has 1 aromatic heterocycles. The van der Waals surface area contributed by atoms with Crippen molar-refractivity contribution < 1.29 is 0 Å². The van der Waals surface area contributed by atoms with E-state index in [1.54, 1.807) is 7.05 Å². The molecule has 0 spiro atoms. The fourth-order valence-electron chi connectivity index (χ4n) is 0.524. The van der Waals surface area contributed by atoms with Crippen molar-refractivity contribution in [2.45, 2.75) is 13.8 Å². The molecule has 62 valence electrons. The molecule has 1 rings (SSSR count). The highest BCUT2D eigenvalue weighted by molar-refractivity contribution is 5.31. The number of nitrogen functional groups attached to an aromatic ring is 1. The van der Waals surface area contributed by atoms with Crippen molar-refractivity contribution in [1.82, 2.24) is 9.78 Å². The van der Waals surface area contributed by atoms with E-state index in [0.717, 1.165) is 0 Å². The SMILES string of the molecule is CC.Cn1nccc(N)c1=O. The van der Waals surface area contributed by atoms with Gasteiger partial charge in [-0.05, 0) is 6.07 Å². The number of aromatic nitrogens is 2. The minimum absolute atomic E-state index is 0.229. The third-order valence-electron chi connectivity index (χ3n) is 1.03. The predicted octanol–water partition coefficient (Wildman–Crippen LogP) is 0.389. The summed E-state index contributed by atoms with van der Waals surface area (Å²) in [6, 6.07) is 1.47. The van der Waals surface area contributed by atoms with E-state index < -0.39 is 0 Å². The van der Waals surface area contributed by atoms with Crippen LogP contribution in [0, 0.1) is 0 Å². The highest BCUT2D eigenvalue weighted by Gasteiger charge is 1.92. The van der Waals surface area contributed by atoms with Crippen LogP contribution in [-0.2, 0) is 7.05 Å². The Morgan fingerprint density at radius 3 is 2.45 bits per heavy atom. The summed E-state index contributed by atoms with van der Waals surface area (Å²) in [5, 5.41) is 3.66. The third-order valence-corrected chi connectivity index (χ3v) is 1.03. The molecule has 0 aliphatic rings. The van der Waals surface area contributed by atoms with Gasteiger partial charge in [0.05, 0.1) is 0 Å². The molecule has 1 heterocycles. The zero-order valence-electron chi connectivity index (χ0n) is 7.03. The van der Waals surface area contributed by atoms with E-state index in [0.29, 0.717) is 0 Å². The lowest BCUT2D eigenvalue weighted by Gasteiger charge is -1.93. The largest absolute Gasteiger partial charge is 0.394 e. The molecule has 4 nitrogen and oxygen atoms in total. The zero-order chi connectivity index (χ0) is 8.85. The van der Waals surface area contributed by atoms with E-state index in [4.69, 9.17) is 5.73 Å². The van der Waals surface area contributed by atoms with Crippen molar-refractivity contribution in [2.24, 2.45) is 7.05 Å². The lowest BCUT2D eigenvalue weighted by molar-refractivity contribution is 0.710. The molecule has 0 radical (unpaired) electrons. The number of aryl methyl sites for hydroxylation is 1. The maximum atomic E-state index is 10.7. The molecule has 2 N–H and O–H groups in total. The topological polar surface area (TPSA) is 60.9 Å². The van der Waals surface area contributed by atoms with Crippen LogP contribution in [0.1, 0.15) is 13.8 Å². The molecule has 0 saturated heterocycles. The average Bonchev–Trinajstić information content (AvgIpc) is 2.04. The zero-order valence-corrected chi connectivity index (χ0v) is 7.03. The van der Waals surface area contributed by atoms with Crippen LogP contribution in [0.15, 0.2) is 17.1 Å².